The first-order chi connectivity index (χ1) is 9.04. The summed E-state index contributed by atoms with van der Waals surface area (Å²) in [6.45, 7) is 1.58. The van der Waals surface area contributed by atoms with E-state index in [9.17, 15) is 8.78 Å². The van der Waals surface area contributed by atoms with Crippen molar-refractivity contribution in [1.82, 2.24) is 0 Å². The molecule has 2 nitrogen and oxygen atoms in total. The van der Waals surface area contributed by atoms with E-state index >= 15 is 0 Å². The number of rotatable bonds is 3. The number of benzene rings is 2. The highest BCUT2D eigenvalue weighted by Crippen LogP contribution is 2.27. The minimum atomic E-state index is -0.842. The van der Waals surface area contributed by atoms with E-state index in [-0.39, 0.29) is 5.56 Å². The van der Waals surface area contributed by atoms with Gasteiger partial charge in [0.2, 0.25) is 0 Å². The zero-order valence-electron chi connectivity index (χ0n) is 10.8. The van der Waals surface area contributed by atoms with Crippen LogP contribution in [0.5, 0.6) is 5.75 Å². The lowest BCUT2D eigenvalue weighted by molar-refractivity contribution is 0.414. The van der Waals surface area contributed by atoms with Crippen LogP contribution in [-0.2, 0) is 0 Å². The Kier molecular flexibility index (Phi) is 3.81. The minimum Gasteiger partial charge on any atom is -0.497 e. The van der Waals surface area contributed by atoms with Crippen molar-refractivity contribution in [3.8, 4) is 5.75 Å². The molecule has 0 spiro atoms. The Labute approximate surface area is 110 Å². The lowest BCUT2D eigenvalue weighted by Gasteiger charge is -2.16. The molecule has 0 aromatic heterocycles. The van der Waals surface area contributed by atoms with Gasteiger partial charge in [0.05, 0.1) is 13.2 Å². The Balaban J connectivity index is 2.43. The average molecular weight is 263 g/mol. The Morgan fingerprint density at radius 2 is 1.68 bits per heavy atom. The molecular formula is C15H15F2NO. The molecule has 0 aliphatic rings. The maximum atomic E-state index is 14.0. The topological polar surface area (TPSA) is 35.2 Å². The molecule has 0 amide bonds. The van der Waals surface area contributed by atoms with Crippen LogP contribution in [0.25, 0.3) is 0 Å². The number of aryl methyl sites for hydroxylation is 1. The summed E-state index contributed by atoms with van der Waals surface area (Å²) in [4.78, 5) is 0. The van der Waals surface area contributed by atoms with Gasteiger partial charge in [-0.3, -0.25) is 0 Å². The van der Waals surface area contributed by atoms with Gasteiger partial charge in [0.15, 0.2) is 0 Å². The number of hydrogen-bond acceptors (Lipinski definition) is 2. The molecule has 100 valence electrons. The highest BCUT2D eigenvalue weighted by molar-refractivity contribution is 5.38. The van der Waals surface area contributed by atoms with Gasteiger partial charge in [-0.15, -0.1) is 0 Å². The second-order valence-electron chi connectivity index (χ2n) is 4.34. The van der Waals surface area contributed by atoms with E-state index in [0.29, 0.717) is 16.9 Å². The summed E-state index contributed by atoms with van der Waals surface area (Å²) in [6.07, 6.45) is 0. The fourth-order valence-electron chi connectivity index (χ4n) is 1.94. The first kappa shape index (κ1) is 13.5. The molecule has 2 N–H and O–H groups in total. The molecule has 2 aromatic carbocycles. The van der Waals surface area contributed by atoms with Crippen molar-refractivity contribution >= 4 is 0 Å². The highest BCUT2D eigenvalue weighted by atomic mass is 19.1. The van der Waals surface area contributed by atoms with Gasteiger partial charge >= 0.3 is 0 Å². The highest BCUT2D eigenvalue weighted by Gasteiger charge is 2.19. The largest absolute Gasteiger partial charge is 0.497 e. The predicted octanol–water partition coefficient (Wildman–Crippen LogP) is 3.33. The fraction of sp³-hybridized carbons (Fsp3) is 0.200. The first-order valence-corrected chi connectivity index (χ1v) is 5.88. The minimum absolute atomic E-state index is 0.106. The van der Waals surface area contributed by atoms with E-state index in [1.807, 2.05) is 0 Å². The smallest absolute Gasteiger partial charge is 0.134 e. The first-order valence-electron chi connectivity index (χ1n) is 5.88. The number of ether oxygens (including phenoxy) is 1. The number of halogens is 2. The van der Waals surface area contributed by atoms with Gasteiger partial charge in [-0.25, -0.2) is 8.78 Å². The summed E-state index contributed by atoms with van der Waals surface area (Å²) in [5.41, 5.74) is 6.86. The van der Waals surface area contributed by atoms with Crippen LogP contribution in [0.4, 0.5) is 8.78 Å². The molecule has 1 unspecified atom stereocenters. The second-order valence-corrected chi connectivity index (χ2v) is 4.34. The van der Waals surface area contributed by atoms with Gasteiger partial charge in [-0.2, -0.15) is 0 Å². The van der Waals surface area contributed by atoms with E-state index < -0.39 is 17.7 Å². The summed E-state index contributed by atoms with van der Waals surface area (Å²) in [5.74, 6) is -0.559. The quantitative estimate of drug-likeness (QED) is 0.921. The number of nitrogens with two attached hydrogens (primary N) is 1. The van der Waals surface area contributed by atoms with Crippen molar-refractivity contribution in [2.75, 3.05) is 7.11 Å². The Morgan fingerprint density at radius 3 is 2.26 bits per heavy atom. The molecule has 0 saturated carbocycles. The SMILES string of the molecule is COc1ccc(C(N)c2c(F)ccc(C)c2F)cc1. The molecule has 1 atom stereocenters. The Morgan fingerprint density at radius 1 is 1.05 bits per heavy atom. The van der Waals surface area contributed by atoms with Crippen LogP contribution in [-0.4, -0.2) is 7.11 Å². The summed E-state index contributed by atoms with van der Waals surface area (Å²) < 4.78 is 32.8. The lowest BCUT2D eigenvalue weighted by atomic mass is 9.97. The summed E-state index contributed by atoms with van der Waals surface area (Å²) in [5, 5.41) is 0. The van der Waals surface area contributed by atoms with Crippen LogP contribution in [0.1, 0.15) is 22.7 Å². The molecule has 2 aromatic rings. The number of hydrogen-bond donors (Lipinski definition) is 1. The van der Waals surface area contributed by atoms with Gasteiger partial charge in [0, 0.05) is 5.56 Å². The zero-order chi connectivity index (χ0) is 14.0. The monoisotopic (exact) mass is 263 g/mol. The van der Waals surface area contributed by atoms with Crippen molar-refractivity contribution < 1.29 is 13.5 Å². The predicted molar refractivity (Wildman–Crippen MR) is 70.1 cm³/mol. The molecule has 0 saturated heterocycles. The Hall–Kier alpha value is -1.94. The van der Waals surface area contributed by atoms with Crippen molar-refractivity contribution in [2.24, 2.45) is 5.73 Å². The standard InChI is InChI=1S/C15H15F2NO/c1-9-3-8-12(16)13(14(9)17)15(18)10-4-6-11(19-2)7-5-10/h3-8,15H,18H2,1-2H3. The molecule has 0 fully saturated rings. The van der Waals surface area contributed by atoms with E-state index in [2.05, 4.69) is 0 Å². The normalized spacial score (nSPS) is 12.3. The van der Waals surface area contributed by atoms with Crippen molar-refractivity contribution in [2.45, 2.75) is 13.0 Å². The Bertz CT molecular complexity index is 581. The van der Waals surface area contributed by atoms with Gasteiger partial charge in [-0.1, -0.05) is 18.2 Å². The van der Waals surface area contributed by atoms with Crippen molar-refractivity contribution in [1.29, 1.82) is 0 Å². The number of methoxy groups -OCH3 is 1. The molecule has 0 aliphatic carbocycles. The fourth-order valence-corrected chi connectivity index (χ4v) is 1.94. The summed E-state index contributed by atoms with van der Waals surface area (Å²) >= 11 is 0. The molecule has 0 radical (unpaired) electrons. The van der Waals surface area contributed by atoms with E-state index in [4.69, 9.17) is 10.5 Å². The molecule has 0 aliphatic heterocycles. The zero-order valence-corrected chi connectivity index (χ0v) is 10.8. The lowest BCUT2D eigenvalue weighted by Crippen LogP contribution is -2.16. The van der Waals surface area contributed by atoms with Crippen LogP contribution < -0.4 is 10.5 Å². The van der Waals surface area contributed by atoms with Gasteiger partial charge in [0.1, 0.15) is 17.4 Å². The molecule has 0 heterocycles. The molecule has 2 rings (SSSR count). The van der Waals surface area contributed by atoms with Gasteiger partial charge in [0.25, 0.3) is 0 Å². The summed E-state index contributed by atoms with van der Waals surface area (Å²) in [6, 6.07) is 8.61. The van der Waals surface area contributed by atoms with E-state index in [0.717, 1.165) is 0 Å². The van der Waals surface area contributed by atoms with E-state index in [1.165, 1.54) is 12.1 Å². The maximum absolute atomic E-state index is 14.0. The molecular weight excluding hydrogens is 248 g/mol. The maximum Gasteiger partial charge on any atom is 0.134 e. The molecule has 19 heavy (non-hydrogen) atoms. The second kappa shape index (κ2) is 5.36. The van der Waals surface area contributed by atoms with E-state index in [1.54, 1.807) is 38.3 Å². The average Bonchev–Trinajstić information content (AvgIpc) is 2.43. The van der Waals surface area contributed by atoms with Crippen molar-refractivity contribution in [3.63, 3.8) is 0 Å². The third-order valence-corrected chi connectivity index (χ3v) is 3.11. The molecule has 0 bridgehead atoms. The van der Waals surface area contributed by atoms with Crippen LogP contribution >= 0.6 is 0 Å². The van der Waals surface area contributed by atoms with Gasteiger partial charge in [-0.05, 0) is 36.2 Å². The van der Waals surface area contributed by atoms with Crippen LogP contribution in [0, 0.1) is 18.6 Å². The molecule has 4 heteroatoms. The third kappa shape index (κ3) is 2.58. The van der Waals surface area contributed by atoms with Crippen LogP contribution in [0.3, 0.4) is 0 Å². The van der Waals surface area contributed by atoms with Gasteiger partial charge < -0.3 is 10.5 Å². The third-order valence-electron chi connectivity index (χ3n) is 3.11. The van der Waals surface area contributed by atoms with Crippen LogP contribution in [0.15, 0.2) is 36.4 Å². The van der Waals surface area contributed by atoms with Crippen LogP contribution in [0.2, 0.25) is 0 Å². The van der Waals surface area contributed by atoms with Crippen molar-refractivity contribution in [3.05, 3.63) is 64.7 Å². The summed E-state index contributed by atoms with van der Waals surface area (Å²) in [7, 11) is 1.55.